The third kappa shape index (κ3) is 0.886. The van der Waals surface area contributed by atoms with Crippen molar-refractivity contribution in [3.05, 3.63) is 23.0 Å². The summed E-state index contributed by atoms with van der Waals surface area (Å²) in [5, 5.41) is 8.05. The topological polar surface area (TPSA) is 41.6 Å². The highest BCUT2D eigenvalue weighted by Crippen LogP contribution is 2.21. The van der Waals surface area contributed by atoms with Crippen molar-refractivity contribution in [2.75, 3.05) is 0 Å². The van der Waals surface area contributed by atoms with Gasteiger partial charge in [0.2, 0.25) is 0 Å². The molecule has 0 spiro atoms. The van der Waals surface area contributed by atoms with Crippen LogP contribution in [-0.4, -0.2) is 15.2 Å². The molecule has 1 N–H and O–H groups in total. The van der Waals surface area contributed by atoms with Gasteiger partial charge in [-0.2, -0.15) is 5.10 Å². The molecule has 2 aromatic heterocycles. The Morgan fingerprint density at radius 2 is 2.36 bits per heavy atom. The largest absolute Gasteiger partial charge is 0.264 e. The van der Waals surface area contributed by atoms with E-state index in [1.54, 1.807) is 6.20 Å². The van der Waals surface area contributed by atoms with Gasteiger partial charge in [0.1, 0.15) is 5.15 Å². The van der Waals surface area contributed by atoms with Gasteiger partial charge < -0.3 is 0 Å². The van der Waals surface area contributed by atoms with E-state index in [0.29, 0.717) is 10.8 Å². The fraction of sp³-hybridized carbons (Fsp3) is 0.143. The average Bonchev–Trinajstić information content (AvgIpc) is 2.34. The van der Waals surface area contributed by atoms with E-state index in [2.05, 4.69) is 15.2 Å². The molecule has 0 fully saturated rings. The van der Waals surface area contributed by atoms with Crippen LogP contribution < -0.4 is 0 Å². The number of nitrogens with one attached hydrogen (secondary N) is 1. The molecule has 0 unspecified atom stereocenters. The second-order valence-electron chi connectivity index (χ2n) is 2.36. The lowest BCUT2D eigenvalue weighted by molar-refractivity contribution is 1.10. The van der Waals surface area contributed by atoms with Gasteiger partial charge in [-0.15, -0.1) is 0 Å². The molecule has 0 saturated heterocycles. The van der Waals surface area contributed by atoms with E-state index in [0.717, 1.165) is 10.9 Å². The molecule has 2 rings (SSSR count). The van der Waals surface area contributed by atoms with Gasteiger partial charge in [0.05, 0.1) is 5.39 Å². The maximum atomic E-state index is 5.82. The molecule has 56 valence electrons. The summed E-state index contributed by atoms with van der Waals surface area (Å²) in [6.07, 6.45) is 1.72. The summed E-state index contributed by atoms with van der Waals surface area (Å²) in [6, 6.07) is 1.91. The molecule has 0 atom stereocenters. The second-order valence-corrected chi connectivity index (χ2v) is 2.74. The van der Waals surface area contributed by atoms with Crippen LogP contribution in [0.3, 0.4) is 0 Å². The fourth-order valence-electron chi connectivity index (χ4n) is 1.06. The van der Waals surface area contributed by atoms with E-state index in [1.807, 2.05) is 13.0 Å². The molecule has 0 aliphatic carbocycles. The Labute approximate surface area is 68.4 Å². The van der Waals surface area contributed by atoms with Gasteiger partial charge in [-0.1, -0.05) is 11.6 Å². The number of hydrogen-bond donors (Lipinski definition) is 1. The summed E-state index contributed by atoms with van der Waals surface area (Å²) >= 11 is 5.82. The highest BCUT2D eigenvalue weighted by molar-refractivity contribution is 6.34. The number of fused-ring (bicyclic) bond motifs is 1. The molecule has 0 radical (unpaired) electrons. The summed E-state index contributed by atoms with van der Waals surface area (Å²) in [7, 11) is 0. The smallest absolute Gasteiger partial charge is 0.182 e. The molecule has 2 heterocycles. The van der Waals surface area contributed by atoms with Gasteiger partial charge in [-0.3, -0.25) is 5.10 Å². The summed E-state index contributed by atoms with van der Waals surface area (Å²) in [6.45, 7) is 1.98. The van der Waals surface area contributed by atoms with E-state index in [4.69, 9.17) is 11.6 Å². The normalized spacial score (nSPS) is 10.7. The number of aryl methyl sites for hydroxylation is 1. The Kier molecular flexibility index (Phi) is 1.32. The molecule has 0 amide bonds. The lowest BCUT2D eigenvalue weighted by atomic mass is 10.2. The minimum Gasteiger partial charge on any atom is -0.264 e. The van der Waals surface area contributed by atoms with Crippen molar-refractivity contribution in [2.45, 2.75) is 6.92 Å². The maximum absolute atomic E-state index is 5.82. The Bertz CT molecular complexity index is 393. The quantitative estimate of drug-likeness (QED) is 0.652. The molecule has 11 heavy (non-hydrogen) atoms. The van der Waals surface area contributed by atoms with Crippen LogP contribution in [0.4, 0.5) is 0 Å². The van der Waals surface area contributed by atoms with Crippen molar-refractivity contribution in [1.82, 2.24) is 15.2 Å². The van der Waals surface area contributed by atoms with E-state index >= 15 is 0 Å². The number of aromatic amines is 1. The number of aromatic nitrogens is 3. The third-order valence-corrected chi connectivity index (χ3v) is 1.89. The summed E-state index contributed by atoms with van der Waals surface area (Å²) in [4.78, 5) is 4.04. The molecule has 0 bridgehead atoms. The predicted molar refractivity (Wildman–Crippen MR) is 43.6 cm³/mol. The Morgan fingerprint density at radius 3 is 3.09 bits per heavy atom. The number of pyridine rings is 1. The number of rotatable bonds is 0. The monoisotopic (exact) mass is 167 g/mol. The average molecular weight is 168 g/mol. The SMILES string of the molecule is Cc1ccnc2n[nH]c(Cl)c12. The molecule has 0 aliphatic heterocycles. The minimum atomic E-state index is 0.561. The molecule has 0 saturated carbocycles. The maximum Gasteiger partial charge on any atom is 0.182 e. The van der Waals surface area contributed by atoms with Crippen molar-refractivity contribution in [2.24, 2.45) is 0 Å². The van der Waals surface area contributed by atoms with Crippen LogP contribution in [0.1, 0.15) is 5.56 Å². The van der Waals surface area contributed by atoms with Crippen LogP contribution in [0, 0.1) is 6.92 Å². The van der Waals surface area contributed by atoms with Crippen LogP contribution in [0.5, 0.6) is 0 Å². The Balaban J connectivity index is 2.96. The van der Waals surface area contributed by atoms with Crippen LogP contribution in [0.15, 0.2) is 12.3 Å². The highest BCUT2D eigenvalue weighted by Gasteiger charge is 2.04. The first-order valence-corrected chi connectivity index (χ1v) is 3.62. The first kappa shape index (κ1) is 6.61. The van der Waals surface area contributed by atoms with Crippen molar-refractivity contribution >= 4 is 22.6 Å². The van der Waals surface area contributed by atoms with Gasteiger partial charge in [0.15, 0.2) is 5.65 Å². The van der Waals surface area contributed by atoms with Gasteiger partial charge >= 0.3 is 0 Å². The minimum absolute atomic E-state index is 0.561. The molecule has 3 nitrogen and oxygen atoms in total. The zero-order valence-electron chi connectivity index (χ0n) is 5.93. The molecular weight excluding hydrogens is 162 g/mol. The Hall–Kier alpha value is -1.09. The molecule has 0 aliphatic rings. The highest BCUT2D eigenvalue weighted by atomic mass is 35.5. The van der Waals surface area contributed by atoms with Gasteiger partial charge in [-0.25, -0.2) is 4.98 Å². The summed E-state index contributed by atoms with van der Waals surface area (Å²) in [5.74, 6) is 0. The molecular formula is C7H6ClN3. The number of hydrogen-bond acceptors (Lipinski definition) is 2. The van der Waals surface area contributed by atoms with Crippen molar-refractivity contribution in [3.63, 3.8) is 0 Å². The van der Waals surface area contributed by atoms with Crippen molar-refractivity contribution in [3.8, 4) is 0 Å². The third-order valence-electron chi connectivity index (χ3n) is 1.62. The first-order valence-electron chi connectivity index (χ1n) is 3.24. The summed E-state index contributed by atoms with van der Waals surface area (Å²) in [5.41, 5.74) is 1.77. The summed E-state index contributed by atoms with van der Waals surface area (Å²) < 4.78 is 0. The van der Waals surface area contributed by atoms with Crippen LogP contribution in [0.25, 0.3) is 11.0 Å². The van der Waals surface area contributed by atoms with Gasteiger partial charge in [-0.05, 0) is 18.6 Å². The standard InChI is InChI=1S/C7H6ClN3/c1-4-2-3-9-7-5(4)6(8)10-11-7/h2-3H,1H3,(H,9,10,11). The second kappa shape index (κ2) is 2.20. The van der Waals surface area contributed by atoms with E-state index in [-0.39, 0.29) is 0 Å². The molecule has 4 heteroatoms. The lowest BCUT2D eigenvalue weighted by Gasteiger charge is -1.91. The molecule has 0 aromatic carbocycles. The van der Waals surface area contributed by atoms with E-state index in [1.165, 1.54) is 0 Å². The number of nitrogens with zero attached hydrogens (tertiary/aromatic N) is 2. The first-order chi connectivity index (χ1) is 5.29. The zero-order valence-corrected chi connectivity index (χ0v) is 6.68. The lowest BCUT2D eigenvalue weighted by Crippen LogP contribution is -1.78. The van der Waals surface area contributed by atoms with E-state index < -0.39 is 0 Å². The molecule has 2 aromatic rings. The number of H-pyrrole nitrogens is 1. The van der Waals surface area contributed by atoms with Crippen LogP contribution in [0.2, 0.25) is 5.15 Å². The predicted octanol–water partition coefficient (Wildman–Crippen LogP) is 1.92. The Morgan fingerprint density at radius 1 is 1.55 bits per heavy atom. The van der Waals surface area contributed by atoms with Crippen molar-refractivity contribution < 1.29 is 0 Å². The van der Waals surface area contributed by atoms with Crippen LogP contribution in [-0.2, 0) is 0 Å². The van der Waals surface area contributed by atoms with E-state index in [9.17, 15) is 0 Å². The fourth-order valence-corrected chi connectivity index (χ4v) is 1.33. The van der Waals surface area contributed by atoms with Crippen LogP contribution >= 0.6 is 11.6 Å². The van der Waals surface area contributed by atoms with Gasteiger partial charge in [0.25, 0.3) is 0 Å². The van der Waals surface area contributed by atoms with Gasteiger partial charge in [0, 0.05) is 6.20 Å². The van der Waals surface area contributed by atoms with Crippen molar-refractivity contribution in [1.29, 1.82) is 0 Å². The zero-order chi connectivity index (χ0) is 7.84. The number of halogens is 1.